The Labute approximate surface area is 185 Å². The van der Waals surface area contributed by atoms with Gasteiger partial charge >= 0.3 is 0 Å². The van der Waals surface area contributed by atoms with Crippen molar-refractivity contribution in [3.63, 3.8) is 0 Å². The van der Waals surface area contributed by atoms with Crippen molar-refractivity contribution in [2.24, 2.45) is 0 Å². The molecule has 1 aliphatic rings. The van der Waals surface area contributed by atoms with Crippen LogP contribution in [0.3, 0.4) is 0 Å². The average Bonchev–Trinajstić information content (AvgIpc) is 3.07. The third-order valence-electron chi connectivity index (χ3n) is 4.89. The quantitative estimate of drug-likeness (QED) is 0.577. The zero-order valence-electron chi connectivity index (χ0n) is 17.5. The normalized spacial score (nSPS) is 21.2. The number of hydrogen-bond acceptors (Lipinski definition) is 6. The number of nitrogens with zero attached hydrogens (tertiary/aromatic N) is 1. The maximum absolute atomic E-state index is 12.7. The summed E-state index contributed by atoms with van der Waals surface area (Å²) in [6.07, 6.45) is 3.27. The number of rotatable bonds is 9. The van der Waals surface area contributed by atoms with Crippen LogP contribution in [0.2, 0.25) is 5.02 Å². The standard InChI is InChI=1S/C21H28ClFN2O4S/c1-12(24-14(3)26)11-27-15-4-6-16(7-5-15)29-19-9-20-18(8-17(19)22)25-21(30-20)28-13(2)10-23/h8-9,12-13,15-16H,4-7,10-11H2,1-3H3,(H,24,26)/t12-,13?,15-,16-/m0/s1. The first kappa shape index (κ1) is 23.0. The molecule has 0 saturated heterocycles. The van der Waals surface area contributed by atoms with Gasteiger partial charge in [0.2, 0.25) is 5.91 Å². The predicted octanol–water partition coefficient (Wildman–Crippen LogP) is 4.92. The Morgan fingerprint density at radius 3 is 2.67 bits per heavy atom. The molecule has 1 aromatic heterocycles. The highest BCUT2D eigenvalue weighted by molar-refractivity contribution is 7.20. The molecule has 2 aromatic rings. The van der Waals surface area contributed by atoms with E-state index in [4.69, 9.17) is 25.8 Å². The Kier molecular flexibility index (Phi) is 8.13. The summed E-state index contributed by atoms with van der Waals surface area (Å²) >= 11 is 7.75. The third kappa shape index (κ3) is 6.43. The molecule has 166 valence electrons. The molecule has 2 atom stereocenters. The number of fused-ring (bicyclic) bond motifs is 1. The number of amides is 1. The molecule has 1 fully saturated rings. The van der Waals surface area contributed by atoms with Gasteiger partial charge in [0.1, 0.15) is 18.5 Å². The van der Waals surface area contributed by atoms with Crippen molar-refractivity contribution in [3.05, 3.63) is 17.2 Å². The van der Waals surface area contributed by atoms with Gasteiger partial charge in [0.25, 0.3) is 5.19 Å². The van der Waals surface area contributed by atoms with Crippen LogP contribution in [0.1, 0.15) is 46.5 Å². The van der Waals surface area contributed by atoms with Gasteiger partial charge in [0, 0.05) is 19.0 Å². The van der Waals surface area contributed by atoms with Crippen molar-refractivity contribution in [2.45, 2.75) is 70.8 Å². The monoisotopic (exact) mass is 458 g/mol. The van der Waals surface area contributed by atoms with E-state index in [9.17, 15) is 9.18 Å². The number of thiazole rings is 1. The number of ether oxygens (including phenoxy) is 3. The number of nitrogens with one attached hydrogen (secondary N) is 1. The Bertz CT molecular complexity index is 857. The van der Waals surface area contributed by atoms with Crippen LogP contribution in [-0.4, -0.2) is 48.5 Å². The molecular weight excluding hydrogens is 431 g/mol. The second-order valence-corrected chi connectivity index (χ2v) is 9.16. The van der Waals surface area contributed by atoms with E-state index in [1.165, 1.54) is 18.3 Å². The highest BCUT2D eigenvalue weighted by atomic mass is 35.5. The fraction of sp³-hybridized carbons (Fsp3) is 0.619. The lowest BCUT2D eigenvalue weighted by atomic mass is 9.95. The summed E-state index contributed by atoms with van der Waals surface area (Å²) in [7, 11) is 0. The SMILES string of the molecule is CC(=O)N[C@@H](C)CO[C@H]1CC[C@H](Oc2cc3sc(OC(C)CF)nc3cc2Cl)CC1. The van der Waals surface area contributed by atoms with Gasteiger partial charge in [0.05, 0.1) is 34.1 Å². The second-order valence-electron chi connectivity index (χ2n) is 7.76. The van der Waals surface area contributed by atoms with Crippen molar-refractivity contribution >= 4 is 39.1 Å². The van der Waals surface area contributed by atoms with Gasteiger partial charge in [-0.05, 0) is 45.6 Å². The van der Waals surface area contributed by atoms with E-state index in [2.05, 4.69) is 10.3 Å². The number of hydrogen-bond donors (Lipinski definition) is 1. The maximum atomic E-state index is 12.7. The van der Waals surface area contributed by atoms with Crippen molar-refractivity contribution in [2.75, 3.05) is 13.3 Å². The molecule has 0 radical (unpaired) electrons. The van der Waals surface area contributed by atoms with E-state index < -0.39 is 12.8 Å². The average molecular weight is 459 g/mol. The molecule has 1 amide bonds. The maximum Gasteiger partial charge on any atom is 0.274 e. The van der Waals surface area contributed by atoms with Gasteiger partial charge < -0.3 is 19.5 Å². The van der Waals surface area contributed by atoms with Crippen LogP contribution in [0.4, 0.5) is 4.39 Å². The largest absolute Gasteiger partial charge is 0.489 e. The minimum Gasteiger partial charge on any atom is -0.489 e. The van der Waals surface area contributed by atoms with Crippen LogP contribution in [0.5, 0.6) is 10.9 Å². The van der Waals surface area contributed by atoms with Gasteiger partial charge in [-0.15, -0.1) is 0 Å². The lowest BCUT2D eigenvalue weighted by Gasteiger charge is -2.30. The van der Waals surface area contributed by atoms with E-state index in [-0.39, 0.29) is 24.2 Å². The number of carbonyl (C=O) groups excluding carboxylic acids is 1. The van der Waals surface area contributed by atoms with Crippen molar-refractivity contribution in [1.29, 1.82) is 0 Å². The summed E-state index contributed by atoms with van der Waals surface area (Å²) in [4.78, 5) is 15.4. The Balaban J connectivity index is 1.53. The van der Waals surface area contributed by atoms with Gasteiger partial charge in [-0.2, -0.15) is 0 Å². The van der Waals surface area contributed by atoms with Gasteiger partial charge in [0.15, 0.2) is 0 Å². The third-order valence-corrected chi connectivity index (χ3v) is 6.09. The number of benzene rings is 1. The molecule has 1 N–H and O–H groups in total. The molecule has 1 heterocycles. The number of carbonyl (C=O) groups is 1. The second kappa shape index (κ2) is 10.6. The lowest BCUT2D eigenvalue weighted by Crippen LogP contribution is -2.36. The van der Waals surface area contributed by atoms with Crippen molar-refractivity contribution in [1.82, 2.24) is 10.3 Å². The van der Waals surface area contributed by atoms with Crippen LogP contribution in [0.25, 0.3) is 10.2 Å². The lowest BCUT2D eigenvalue weighted by molar-refractivity contribution is -0.120. The molecule has 6 nitrogen and oxygen atoms in total. The zero-order chi connectivity index (χ0) is 21.7. The fourth-order valence-corrected chi connectivity index (χ4v) is 4.54. The molecule has 9 heteroatoms. The van der Waals surface area contributed by atoms with Crippen LogP contribution in [0, 0.1) is 0 Å². The zero-order valence-corrected chi connectivity index (χ0v) is 19.0. The first-order valence-corrected chi connectivity index (χ1v) is 11.4. The molecule has 1 unspecified atom stereocenters. The highest BCUT2D eigenvalue weighted by Crippen LogP contribution is 2.37. The van der Waals surface area contributed by atoms with Gasteiger partial charge in [-0.3, -0.25) is 4.79 Å². The Morgan fingerprint density at radius 2 is 2.00 bits per heavy atom. The Morgan fingerprint density at radius 1 is 1.30 bits per heavy atom. The van der Waals surface area contributed by atoms with E-state index in [0.717, 1.165) is 30.4 Å². The molecular formula is C21H28ClFN2O4S. The van der Waals surface area contributed by atoms with Gasteiger partial charge in [-0.1, -0.05) is 22.9 Å². The van der Waals surface area contributed by atoms with Crippen LogP contribution in [-0.2, 0) is 9.53 Å². The fourth-order valence-electron chi connectivity index (χ4n) is 3.42. The summed E-state index contributed by atoms with van der Waals surface area (Å²) in [6.45, 7) is 5.04. The smallest absolute Gasteiger partial charge is 0.274 e. The highest BCUT2D eigenvalue weighted by Gasteiger charge is 2.24. The topological polar surface area (TPSA) is 69.7 Å². The minimum absolute atomic E-state index is 0.00294. The summed E-state index contributed by atoms with van der Waals surface area (Å²) in [6, 6.07) is 3.64. The molecule has 0 spiro atoms. The molecule has 0 aliphatic heterocycles. The summed E-state index contributed by atoms with van der Waals surface area (Å²) < 4.78 is 31.1. The minimum atomic E-state index is -0.566. The molecule has 1 aromatic carbocycles. The van der Waals surface area contributed by atoms with Crippen LogP contribution >= 0.6 is 22.9 Å². The van der Waals surface area contributed by atoms with E-state index >= 15 is 0 Å². The van der Waals surface area contributed by atoms with Gasteiger partial charge in [-0.25, -0.2) is 9.37 Å². The van der Waals surface area contributed by atoms with Crippen LogP contribution in [0.15, 0.2) is 12.1 Å². The summed E-state index contributed by atoms with van der Waals surface area (Å²) in [5, 5.41) is 3.75. The first-order chi connectivity index (χ1) is 14.3. The molecule has 30 heavy (non-hydrogen) atoms. The number of aromatic nitrogens is 1. The Hall–Kier alpha value is -1.64. The van der Waals surface area contributed by atoms with Crippen molar-refractivity contribution in [3.8, 4) is 10.9 Å². The number of halogens is 2. The van der Waals surface area contributed by atoms with E-state index in [1.54, 1.807) is 13.0 Å². The summed E-state index contributed by atoms with van der Waals surface area (Å²) in [5.41, 5.74) is 0.712. The predicted molar refractivity (Wildman–Crippen MR) is 117 cm³/mol. The molecule has 3 rings (SSSR count). The van der Waals surface area contributed by atoms with Crippen molar-refractivity contribution < 1.29 is 23.4 Å². The molecule has 1 aliphatic carbocycles. The molecule has 0 bridgehead atoms. The first-order valence-electron chi connectivity index (χ1n) is 10.2. The summed E-state index contributed by atoms with van der Waals surface area (Å²) in [5.74, 6) is 0.579. The van der Waals surface area contributed by atoms with Crippen LogP contribution < -0.4 is 14.8 Å². The molecule has 1 saturated carbocycles. The number of alkyl halides is 1. The van der Waals surface area contributed by atoms with E-state index in [1.807, 2.05) is 13.0 Å². The van der Waals surface area contributed by atoms with E-state index in [0.29, 0.717) is 28.1 Å².